The van der Waals surface area contributed by atoms with Gasteiger partial charge in [0.15, 0.2) is 0 Å². The molecular weight excluding hydrogens is 535 g/mol. The van der Waals surface area contributed by atoms with Crippen LogP contribution in [0.25, 0.3) is 55.0 Å². The third kappa shape index (κ3) is 2.48. The lowest BCUT2D eigenvalue weighted by atomic mass is 9.35. The molecule has 2 aromatic heterocycles. The van der Waals surface area contributed by atoms with Crippen molar-refractivity contribution in [2.45, 2.75) is 19.6 Å². The average Bonchev–Trinajstić information content (AvgIpc) is 3.52. The highest BCUT2D eigenvalue weighted by Crippen LogP contribution is 2.46. The van der Waals surface area contributed by atoms with Gasteiger partial charge in [-0.25, -0.2) is 0 Å². The molecule has 0 saturated carbocycles. The number of hydrogen-bond acceptors (Lipinski definition) is 2. The zero-order valence-electron chi connectivity index (χ0n) is 21.8. The molecule has 0 N–H and O–H groups in total. The minimum atomic E-state index is 0.291. The SMILES string of the molecule is c1ccc(-n2c3ccccc3c3cc4c(cc32)c2ccc3c5c2n4-c2cccc4c2B5c2c(cccc2S3)S4)cc1. The largest absolute Gasteiger partial charge is 0.310 e. The van der Waals surface area contributed by atoms with Crippen molar-refractivity contribution in [2.24, 2.45) is 0 Å². The van der Waals surface area contributed by atoms with E-state index in [1.807, 2.05) is 23.5 Å². The van der Waals surface area contributed by atoms with Gasteiger partial charge in [-0.05, 0) is 77.1 Å². The van der Waals surface area contributed by atoms with Gasteiger partial charge in [-0.1, -0.05) is 78.1 Å². The molecule has 0 saturated heterocycles. The molecule has 5 heteroatoms. The fourth-order valence-electron chi connectivity index (χ4n) is 7.81. The Morgan fingerprint density at radius 3 is 1.93 bits per heavy atom. The fraction of sp³-hybridized carbons (Fsp3) is 0. The van der Waals surface area contributed by atoms with E-state index in [9.17, 15) is 0 Å². The standard InChI is InChI=1S/C36H19BN2S2/c1-2-8-20(9-3-1)38-25-11-5-4-10-21(25)23-18-28-24(19-27(23)38)22-16-17-32-35-36(22)39(28)26-12-6-13-29-33(26)37(35)34-30(40-29)14-7-15-31(34)41-32/h1-19H. The Hall–Kier alpha value is -4.32. The van der Waals surface area contributed by atoms with Crippen LogP contribution in [-0.2, 0) is 0 Å². The van der Waals surface area contributed by atoms with E-state index in [4.69, 9.17) is 0 Å². The Labute approximate surface area is 244 Å². The highest BCUT2D eigenvalue weighted by Gasteiger charge is 2.44. The Morgan fingerprint density at radius 2 is 1.10 bits per heavy atom. The van der Waals surface area contributed by atoms with Gasteiger partial charge < -0.3 is 9.13 Å². The Morgan fingerprint density at radius 1 is 0.439 bits per heavy atom. The second-order valence-corrected chi connectivity index (χ2v) is 13.4. The van der Waals surface area contributed by atoms with E-state index in [0.717, 1.165) is 0 Å². The average molecular weight is 555 g/mol. The van der Waals surface area contributed by atoms with E-state index in [2.05, 4.69) is 124 Å². The van der Waals surface area contributed by atoms with Crippen LogP contribution < -0.4 is 16.4 Å². The fourth-order valence-corrected chi connectivity index (χ4v) is 10.3. The second kappa shape index (κ2) is 7.30. The monoisotopic (exact) mass is 554 g/mol. The molecule has 6 aromatic carbocycles. The Balaban J connectivity index is 1.35. The molecule has 0 radical (unpaired) electrons. The summed E-state index contributed by atoms with van der Waals surface area (Å²) in [5.41, 5.74) is 12.2. The lowest BCUT2D eigenvalue weighted by molar-refractivity contribution is 1.16. The number of aromatic nitrogens is 2. The van der Waals surface area contributed by atoms with Gasteiger partial charge in [-0.3, -0.25) is 0 Å². The number of fused-ring (bicyclic) bond motifs is 7. The summed E-state index contributed by atoms with van der Waals surface area (Å²) >= 11 is 3.89. The third-order valence-electron chi connectivity index (χ3n) is 9.35. The van der Waals surface area contributed by atoms with Crippen LogP contribution in [0.4, 0.5) is 0 Å². The minimum Gasteiger partial charge on any atom is -0.310 e. The molecule has 3 aliphatic heterocycles. The second-order valence-electron chi connectivity index (χ2n) is 11.3. The molecule has 0 aliphatic carbocycles. The first-order valence-electron chi connectivity index (χ1n) is 14.1. The van der Waals surface area contributed by atoms with Crippen LogP contribution in [-0.4, -0.2) is 15.8 Å². The minimum absolute atomic E-state index is 0.291. The normalized spacial score (nSPS) is 14.1. The van der Waals surface area contributed by atoms with Crippen LogP contribution in [0.15, 0.2) is 135 Å². The highest BCUT2D eigenvalue weighted by molar-refractivity contribution is 8.01. The van der Waals surface area contributed by atoms with Crippen LogP contribution in [0.5, 0.6) is 0 Å². The quantitative estimate of drug-likeness (QED) is 0.193. The van der Waals surface area contributed by atoms with Crippen molar-refractivity contribution in [3.8, 4) is 11.4 Å². The predicted molar refractivity (Wildman–Crippen MR) is 174 cm³/mol. The van der Waals surface area contributed by atoms with Gasteiger partial charge in [-0.2, -0.15) is 0 Å². The van der Waals surface area contributed by atoms with Gasteiger partial charge in [-0.15, -0.1) is 0 Å². The van der Waals surface area contributed by atoms with Gasteiger partial charge in [0.1, 0.15) is 0 Å². The van der Waals surface area contributed by atoms with Crippen LogP contribution in [0.2, 0.25) is 0 Å². The molecule has 0 bridgehead atoms. The highest BCUT2D eigenvalue weighted by atomic mass is 32.2. The molecule has 0 amide bonds. The van der Waals surface area contributed by atoms with E-state index in [-0.39, 0.29) is 0 Å². The first-order valence-corrected chi connectivity index (χ1v) is 15.7. The number of rotatable bonds is 1. The maximum atomic E-state index is 2.59. The number of hydrogen-bond donors (Lipinski definition) is 0. The van der Waals surface area contributed by atoms with Crippen molar-refractivity contribution in [2.75, 3.05) is 0 Å². The van der Waals surface area contributed by atoms with Crippen molar-refractivity contribution in [1.29, 1.82) is 0 Å². The van der Waals surface area contributed by atoms with Gasteiger partial charge in [0, 0.05) is 52.5 Å². The molecule has 188 valence electrons. The first kappa shape index (κ1) is 21.4. The van der Waals surface area contributed by atoms with Crippen molar-refractivity contribution in [3.05, 3.63) is 115 Å². The van der Waals surface area contributed by atoms with Crippen LogP contribution in [0.1, 0.15) is 0 Å². The van der Waals surface area contributed by atoms with Crippen LogP contribution in [0.3, 0.4) is 0 Å². The maximum Gasteiger partial charge on any atom is 0.252 e. The van der Waals surface area contributed by atoms with Gasteiger partial charge in [0.2, 0.25) is 0 Å². The van der Waals surface area contributed by atoms with Gasteiger partial charge in [0.05, 0.1) is 22.1 Å². The van der Waals surface area contributed by atoms with Crippen molar-refractivity contribution >= 4 is 90.2 Å². The predicted octanol–water partition coefficient (Wildman–Crippen LogP) is 7.64. The van der Waals surface area contributed by atoms with Crippen molar-refractivity contribution in [3.63, 3.8) is 0 Å². The van der Waals surface area contributed by atoms with E-state index in [1.165, 1.54) is 91.0 Å². The molecule has 2 nitrogen and oxygen atoms in total. The summed E-state index contributed by atoms with van der Waals surface area (Å²) in [6.45, 7) is 0.291. The number of benzene rings is 6. The van der Waals surface area contributed by atoms with E-state index < -0.39 is 0 Å². The van der Waals surface area contributed by atoms with Gasteiger partial charge in [0.25, 0.3) is 6.71 Å². The molecule has 0 fully saturated rings. The van der Waals surface area contributed by atoms with Crippen LogP contribution in [0, 0.1) is 0 Å². The summed E-state index contributed by atoms with van der Waals surface area (Å²) < 4.78 is 5.02. The summed E-state index contributed by atoms with van der Waals surface area (Å²) in [4.78, 5) is 5.60. The van der Waals surface area contributed by atoms with E-state index >= 15 is 0 Å². The topological polar surface area (TPSA) is 9.86 Å². The van der Waals surface area contributed by atoms with Crippen molar-refractivity contribution in [1.82, 2.24) is 9.13 Å². The summed E-state index contributed by atoms with van der Waals surface area (Å²) in [7, 11) is 0. The smallest absolute Gasteiger partial charge is 0.252 e. The molecule has 5 heterocycles. The van der Waals surface area contributed by atoms with Crippen molar-refractivity contribution < 1.29 is 0 Å². The molecule has 11 rings (SSSR count). The zero-order chi connectivity index (χ0) is 26.4. The third-order valence-corrected chi connectivity index (χ3v) is 11.7. The van der Waals surface area contributed by atoms with Crippen LogP contribution >= 0.6 is 23.5 Å². The van der Waals surface area contributed by atoms with E-state index in [0.29, 0.717) is 6.71 Å². The molecule has 41 heavy (non-hydrogen) atoms. The zero-order valence-corrected chi connectivity index (χ0v) is 23.4. The summed E-state index contributed by atoms with van der Waals surface area (Å²) in [5, 5.41) is 5.26. The lowest BCUT2D eigenvalue weighted by Gasteiger charge is -2.37. The summed E-state index contributed by atoms with van der Waals surface area (Å²) in [5.74, 6) is 0. The van der Waals surface area contributed by atoms with E-state index in [1.54, 1.807) is 0 Å². The molecule has 0 atom stereocenters. The Bertz CT molecular complexity index is 2470. The molecule has 3 aliphatic rings. The molecule has 8 aromatic rings. The Kier molecular flexibility index (Phi) is 3.82. The molecule has 0 spiro atoms. The lowest BCUT2D eigenvalue weighted by Crippen LogP contribution is -2.61. The summed E-state index contributed by atoms with van der Waals surface area (Å²) in [6.07, 6.45) is 0. The maximum absolute atomic E-state index is 2.59. The first-order chi connectivity index (χ1) is 20.3. The number of para-hydroxylation sites is 2. The molecule has 0 unspecified atom stereocenters. The summed E-state index contributed by atoms with van der Waals surface area (Å²) in [6, 6.07) is 43.1. The number of nitrogens with zero attached hydrogens (tertiary/aromatic N) is 2. The molecular formula is C36H19BN2S2. The van der Waals surface area contributed by atoms with Gasteiger partial charge >= 0.3 is 0 Å².